The van der Waals surface area contributed by atoms with Crippen molar-refractivity contribution in [3.63, 3.8) is 0 Å². The molecule has 0 spiro atoms. The molecular weight excluding hydrogens is 366 g/mol. The molecule has 7 nitrogen and oxygen atoms in total. The van der Waals surface area contributed by atoms with E-state index in [0.29, 0.717) is 12.1 Å². The van der Waals surface area contributed by atoms with Crippen molar-refractivity contribution in [2.45, 2.75) is 0 Å². The van der Waals surface area contributed by atoms with Crippen LogP contribution in [0, 0.1) is 0 Å². The van der Waals surface area contributed by atoms with Crippen molar-refractivity contribution >= 4 is 23.1 Å². The minimum absolute atomic E-state index is 0.00366. The van der Waals surface area contributed by atoms with Crippen molar-refractivity contribution in [1.82, 2.24) is 16.0 Å². The van der Waals surface area contributed by atoms with Crippen LogP contribution >= 0.6 is 12.2 Å². The number of thiocarbonyl (C=S) groups is 1. The summed E-state index contributed by atoms with van der Waals surface area (Å²) in [5.41, 5.74) is 4.39. The smallest absolute Gasteiger partial charge is 0.254 e. The van der Waals surface area contributed by atoms with Crippen molar-refractivity contribution < 1.29 is 19.3 Å². The van der Waals surface area contributed by atoms with E-state index >= 15 is 0 Å². The molecule has 0 saturated carbocycles. The van der Waals surface area contributed by atoms with Gasteiger partial charge in [-0.3, -0.25) is 15.5 Å². The summed E-state index contributed by atoms with van der Waals surface area (Å²) in [6.45, 7) is 0.495. The molecule has 3 aromatic rings. The second-order valence-corrected chi connectivity index (χ2v) is 5.93. The van der Waals surface area contributed by atoms with E-state index < -0.39 is 0 Å². The van der Waals surface area contributed by atoms with E-state index in [1.807, 2.05) is 48.5 Å². The van der Waals surface area contributed by atoms with Crippen LogP contribution in [0.25, 0.3) is 11.1 Å². The van der Waals surface area contributed by atoms with Gasteiger partial charge in [0.25, 0.3) is 11.8 Å². The van der Waals surface area contributed by atoms with Crippen molar-refractivity contribution in [2.24, 2.45) is 0 Å². The number of aromatic nitrogens is 1. The first-order valence-corrected chi connectivity index (χ1v) is 8.56. The molecular formula is C19H17N3O4S. The second kappa shape index (κ2) is 8.93. The third-order valence-electron chi connectivity index (χ3n) is 3.68. The first-order chi connectivity index (χ1) is 13.2. The van der Waals surface area contributed by atoms with E-state index in [0.717, 1.165) is 11.1 Å². The molecule has 138 valence electrons. The SMILES string of the molecule is O=C(NCCOc1cc(C(=S)NO)on1)c1cccc(-c2ccccc2)c1. The van der Waals surface area contributed by atoms with Gasteiger partial charge in [0.2, 0.25) is 0 Å². The molecule has 0 aliphatic rings. The molecule has 0 aliphatic heterocycles. The zero-order valence-electron chi connectivity index (χ0n) is 14.2. The van der Waals surface area contributed by atoms with Crippen LogP contribution in [0.2, 0.25) is 0 Å². The van der Waals surface area contributed by atoms with Gasteiger partial charge in [-0.25, -0.2) is 0 Å². The van der Waals surface area contributed by atoms with E-state index in [9.17, 15) is 4.79 Å². The molecule has 0 fully saturated rings. The fraction of sp³-hybridized carbons (Fsp3) is 0.105. The number of ether oxygens (including phenoxy) is 1. The zero-order chi connectivity index (χ0) is 19.1. The van der Waals surface area contributed by atoms with E-state index in [-0.39, 0.29) is 29.1 Å². The summed E-state index contributed by atoms with van der Waals surface area (Å²) in [7, 11) is 0. The number of carbonyl (C=O) groups excluding carboxylic acids is 1. The van der Waals surface area contributed by atoms with Gasteiger partial charge < -0.3 is 14.6 Å². The molecule has 0 atom stereocenters. The molecule has 1 heterocycles. The highest BCUT2D eigenvalue weighted by Crippen LogP contribution is 2.20. The molecule has 0 aliphatic carbocycles. The van der Waals surface area contributed by atoms with Gasteiger partial charge >= 0.3 is 0 Å². The summed E-state index contributed by atoms with van der Waals surface area (Å²) in [6.07, 6.45) is 0. The Bertz CT molecular complexity index is 927. The Morgan fingerprint density at radius 3 is 2.67 bits per heavy atom. The number of hydrogen-bond donors (Lipinski definition) is 3. The van der Waals surface area contributed by atoms with Crippen LogP contribution in [-0.2, 0) is 0 Å². The lowest BCUT2D eigenvalue weighted by Gasteiger charge is -2.07. The van der Waals surface area contributed by atoms with Gasteiger partial charge in [-0.1, -0.05) is 54.7 Å². The maximum absolute atomic E-state index is 12.3. The molecule has 0 saturated heterocycles. The molecule has 1 amide bonds. The van der Waals surface area contributed by atoms with E-state index in [1.54, 1.807) is 11.5 Å². The topological polar surface area (TPSA) is 96.6 Å². The Hall–Kier alpha value is -3.23. The Morgan fingerprint density at radius 2 is 1.89 bits per heavy atom. The fourth-order valence-corrected chi connectivity index (χ4v) is 2.48. The minimum atomic E-state index is -0.192. The number of nitrogens with one attached hydrogen (secondary N) is 2. The van der Waals surface area contributed by atoms with Crippen molar-refractivity contribution in [2.75, 3.05) is 13.2 Å². The molecule has 0 bridgehead atoms. The number of hydroxylamine groups is 1. The lowest BCUT2D eigenvalue weighted by Crippen LogP contribution is -2.28. The summed E-state index contributed by atoms with van der Waals surface area (Å²) in [5, 5.41) is 15.2. The standard InChI is InChI=1S/C19H17N3O4S/c23-18(15-8-4-7-14(11-15)13-5-2-1-3-6-13)20-9-10-25-17-12-16(26-22-17)19(27)21-24/h1-8,11-12,24H,9-10H2,(H,20,23)(H,21,27). The van der Waals surface area contributed by atoms with Crippen LogP contribution in [-0.4, -0.2) is 34.4 Å². The van der Waals surface area contributed by atoms with Crippen molar-refractivity contribution in [3.05, 3.63) is 72.0 Å². The molecule has 0 unspecified atom stereocenters. The maximum atomic E-state index is 12.3. The van der Waals surface area contributed by atoms with Crippen LogP contribution < -0.4 is 15.5 Å². The zero-order valence-corrected chi connectivity index (χ0v) is 15.0. The monoisotopic (exact) mass is 383 g/mol. The van der Waals surface area contributed by atoms with Gasteiger partial charge in [0.15, 0.2) is 10.7 Å². The number of rotatable bonds is 7. The van der Waals surface area contributed by atoms with Gasteiger partial charge in [-0.05, 0) is 28.4 Å². The molecule has 3 rings (SSSR count). The second-order valence-electron chi connectivity index (χ2n) is 5.52. The Labute approximate surface area is 160 Å². The van der Waals surface area contributed by atoms with Gasteiger partial charge in [0, 0.05) is 5.56 Å². The summed E-state index contributed by atoms with van der Waals surface area (Å²) in [4.78, 5) is 12.3. The molecule has 0 radical (unpaired) electrons. The predicted octanol–water partition coefficient (Wildman–Crippen LogP) is 2.80. The third-order valence-corrected chi connectivity index (χ3v) is 3.98. The minimum Gasteiger partial charge on any atom is -0.474 e. The normalized spacial score (nSPS) is 10.3. The molecule has 8 heteroatoms. The Morgan fingerprint density at radius 1 is 1.11 bits per heavy atom. The van der Waals surface area contributed by atoms with Crippen molar-refractivity contribution in [3.8, 4) is 17.0 Å². The summed E-state index contributed by atoms with van der Waals surface area (Å²) >= 11 is 4.80. The van der Waals surface area contributed by atoms with Gasteiger partial charge in [0.1, 0.15) is 6.61 Å². The lowest BCUT2D eigenvalue weighted by molar-refractivity contribution is 0.0946. The molecule has 2 aromatic carbocycles. The van der Waals surface area contributed by atoms with E-state index in [2.05, 4.69) is 10.5 Å². The Kier molecular flexibility index (Phi) is 6.14. The fourth-order valence-electron chi connectivity index (χ4n) is 2.38. The van der Waals surface area contributed by atoms with Crippen LogP contribution in [0.1, 0.15) is 16.1 Å². The molecule has 27 heavy (non-hydrogen) atoms. The highest BCUT2D eigenvalue weighted by atomic mass is 32.1. The average Bonchev–Trinajstić information content (AvgIpc) is 3.20. The molecule has 3 N–H and O–H groups in total. The van der Waals surface area contributed by atoms with Gasteiger partial charge in [-0.15, -0.1) is 0 Å². The van der Waals surface area contributed by atoms with E-state index in [1.165, 1.54) is 6.07 Å². The van der Waals surface area contributed by atoms with Crippen LogP contribution in [0.5, 0.6) is 5.88 Å². The average molecular weight is 383 g/mol. The number of hydrogen-bond acceptors (Lipinski definition) is 6. The van der Waals surface area contributed by atoms with Crippen LogP contribution in [0.15, 0.2) is 65.2 Å². The van der Waals surface area contributed by atoms with E-state index in [4.69, 9.17) is 26.7 Å². The predicted molar refractivity (Wildman–Crippen MR) is 103 cm³/mol. The first-order valence-electron chi connectivity index (χ1n) is 8.15. The van der Waals surface area contributed by atoms with Crippen molar-refractivity contribution in [1.29, 1.82) is 0 Å². The number of benzene rings is 2. The quantitative estimate of drug-likeness (QED) is 0.328. The number of nitrogens with zero attached hydrogens (tertiary/aromatic N) is 1. The van der Waals surface area contributed by atoms with Gasteiger partial charge in [-0.2, -0.15) is 0 Å². The first kappa shape index (κ1) is 18.6. The highest BCUT2D eigenvalue weighted by Gasteiger charge is 2.10. The lowest BCUT2D eigenvalue weighted by atomic mass is 10.0. The van der Waals surface area contributed by atoms with Gasteiger partial charge in [0.05, 0.1) is 12.6 Å². The third kappa shape index (κ3) is 4.90. The summed E-state index contributed by atoms with van der Waals surface area (Å²) < 4.78 is 10.3. The summed E-state index contributed by atoms with van der Waals surface area (Å²) in [6, 6.07) is 18.7. The van der Waals surface area contributed by atoms with Crippen LogP contribution in [0.4, 0.5) is 0 Å². The number of carbonyl (C=O) groups is 1. The Balaban J connectivity index is 1.51. The molecule has 1 aromatic heterocycles. The maximum Gasteiger partial charge on any atom is 0.254 e. The highest BCUT2D eigenvalue weighted by molar-refractivity contribution is 7.80. The van der Waals surface area contributed by atoms with Crippen LogP contribution in [0.3, 0.4) is 0 Å². The largest absolute Gasteiger partial charge is 0.474 e. The number of amides is 1. The summed E-state index contributed by atoms with van der Waals surface area (Å²) in [5.74, 6) is 0.204.